The van der Waals surface area contributed by atoms with E-state index in [0.29, 0.717) is 11.5 Å². The number of carbonyl (C=O) groups is 1. The summed E-state index contributed by atoms with van der Waals surface area (Å²) in [6.45, 7) is 2.20. The summed E-state index contributed by atoms with van der Waals surface area (Å²) in [5.74, 6) is 0.649. The molecule has 1 aliphatic carbocycles. The molecular weight excluding hydrogens is 275 g/mol. The highest BCUT2D eigenvalue weighted by atomic mass is 79.9. The summed E-state index contributed by atoms with van der Waals surface area (Å²) in [5.41, 5.74) is 3.26. The van der Waals surface area contributed by atoms with Crippen LogP contribution in [0.25, 0.3) is 0 Å². The minimum atomic E-state index is -0.385. The van der Waals surface area contributed by atoms with E-state index in [4.69, 9.17) is 11.6 Å². The first kappa shape index (κ1) is 11.2. The molecule has 0 N–H and O–H groups in total. The summed E-state index contributed by atoms with van der Waals surface area (Å²) >= 11 is 8.91. The average Bonchev–Trinajstić information content (AvgIpc) is 2.58. The van der Waals surface area contributed by atoms with Crippen molar-refractivity contribution in [2.75, 3.05) is 0 Å². The smallest absolute Gasteiger partial charge is 0.253 e. The first-order valence-corrected chi connectivity index (χ1v) is 6.32. The van der Waals surface area contributed by atoms with Crippen molar-refractivity contribution in [3.63, 3.8) is 0 Å². The van der Waals surface area contributed by atoms with Gasteiger partial charge in [0.1, 0.15) is 0 Å². The number of benzene rings is 1. The number of hydrogen-bond donors (Lipinski definition) is 0. The van der Waals surface area contributed by atoms with Crippen LogP contribution in [0, 0.1) is 0 Å². The maximum Gasteiger partial charge on any atom is 0.253 e. The van der Waals surface area contributed by atoms with E-state index >= 15 is 0 Å². The van der Waals surface area contributed by atoms with Gasteiger partial charge in [-0.05, 0) is 76.0 Å². The van der Waals surface area contributed by atoms with E-state index in [1.165, 1.54) is 17.5 Å². The molecule has 1 aliphatic rings. The zero-order chi connectivity index (χ0) is 11.0. The average molecular weight is 288 g/mol. The van der Waals surface area contributed by atoms with Crippen LogP contribution in [0.3, 0.4) is 0 Å². The molecule has 0 heterocycles. The molecule has 80 valence electrons. The van der Waals surface area contributed by atoms with Gasteiger partial charge in [0.2, 0.25) is 0 Å². The summed E-state index contributed by atoms with van der Waals surface area (Å²) in [7, 11) is 0. The number of fused-ring (bicyclic) bond motifs is 1. The van der Waals surface area contributed by atoms with Gasteiger partial charge in [-0.25, -0.2) is 0 Å². The molecule has 1 nitrogen and oxygen atoms in total. The second-order valence-corrected chi connectivity index (χ2v) is 5.15. The first-order chi connectivity index (χ1) is 7.13. The van der Waals surface area contributed by atoms with Gasteiger partial charge in [-0.15, -0.1) is 0 Å². The fraction of sp³-hybridized carbons (Fsp3) is 0.417. The molecule has 0 aliphatic heterocycles. The van der Waals surface area contributed by atoms with Gasteiger partial charge in [0.25, 0.3) is 5.24 Å². The second-order valence-electron chi connectivity index (χ2n) is 3.95. The van der Waals surface area contributed by atoms with Crippen LogP contribution in [0.5, 0.6) is 0 Å². The van der Waals surface area contributed by atoms with Gasteiger partial charge in [0.05, 0.1) is 0 Å². The minimum absolute atomic E-state index is 0.385. The highest BCUT2D eigenvalue weighted by Gasteiger charge is 2.23. The molecular formula is C12H12BrClO. The molecule has 0 saturated heterocycles. The fourth-order valence-electron chi connectivity index (χ4n) is 2.29. The summed E-state index contributed by atoms with van der Waals surface area (Å²) in [6, 6.07) is 4.00. The monoisotopic (exact) mass is 286 g/mol. The third-order valence-corrected chi connectivity index (χ3v) is 4.00. The van der Waals surface area contributed by atoms with Crippen molar-refractivity contribution in [2.45, 2.75) is 32.1 Å². The number of rotatable bonds is 2. The topological polar surface area (TPSA) is 17.1 Å². The van der Waals surface area contributed by atoms with E-state index in [2.05, 4.69) is 28.9 Å². The van der Waals surface area contributed by atoms with Crippen molar-refractivity contribution in [1.82, 2.24) is 0 Å². The number of hydrogen-bond acceptors (Lipinski definition) is 1. The zero-order valence-corrected chi connectivity index (χ0v) is 10.9. The highest BCUT2D eigenvalue weighted by Crippen LogP contribution is 2.38. The van der Waals surface area contributed by atoms with E-state index in [9.17, 15) is 4.79 Å². The summed E-state index contributed by atoms with van der Waals surface area (Å²) < 4.78 is 0.821. The molecule has 0 radical (unpaired) electrons. The lowest BCUT2D eigenvalue weighted by atomic mass is 9.98. The lowest BCUT2D eigenvalue weighted by molar-refractivity contribution is 0.108. The van der Waals surface area contributed by atoms with Crippen molar-refractivity contribution >= 4 is 32.8 Å². The van der Waals surface area contributed by atoms with Crippen LogP contribution in [0.1, 0.15) is 47.2 Å². The predicted molar refractivity (Wildman–Crippen MR) is 65.7 cm³/mol. The third-order valence-electron chi connectivity index (χ3n) is 3.14. The quantitative estimate of drug-likeness (QED) is 0.743. The molecule has 1 atom stereocenters. The Labute approximate surface area is 103 Å². The standard InChI is InChI=1S/C12H12BrClO/c1-2-7-3-4-8-5-10(12(14)15)11(13)6-9(7)8/h5-7H,2-4H2,1H3. The van der Waals surface area contributed by atoms with Crippen molar-refractivity contribution in [3.8, 4) is 0 Å². The molecule has 1 aromatic rings. The summed E-state index contributed by atoms with van der Waals surface area (Å²) in [5, 5.41) is -0.385. The van der Waals surface area contributed by atoms with E-state index in [1.54, 1.807) is 0 Å². The van der Waals surface area contributed by atoms with Gasteiger partial charge >= 0.3 is 0 Å². The predicted octanol–water partition coefficient (Wildman–Crippen LogP) is 4.27. The number of aryl methyl sites for hydroxylation is 1. The van der Waals surface area contributed by atoms with Gasteiger partial charge in [0, 0.05) is 10.0 Å². The Hall–Kier alpha value is -0.340. The molecule has 0 bridgehead atoms. The first-order valence-electron chi connectivity index (χ1n) is 5.15. The molecule has 3 heteroatoms. The van der Waals surface area contributed by atoms with Crippen LogP contribution in [0.2, 0.25) is 0 Å². The molecule has 0 spiro atoms. The van der Waals surface area contributed by atoms with E-state index in [-0.39, 0.29) is 5.24 Å². The summed E-state index contributed by atoms with van der Waals surface area (Å²) in [4.78, 5) is 11.2. The largest absolute Gasteiger partial charge is 0.276 e. The Morgan fingerprint density at radius 2 is 2.33 bits per heavy atom. The lowest BCUT2D eigenvalue weighted by Crippen LogP contribution is -1.96. The van der Waals surface area contributed by atoms with E-state index < -0.39 is 0 Å². The van der Waals surface area contributed by atoms with Gasteiger partial charge in [-0.1, -0.05) is 6.92 Å². The Balaban J connectivity index is 2.49. The Kier molecular flexibility index (Phi) is 3.17. The summed E-state index contributed by atoms with van der Waals surface area (Å²) in [6.07, 6.45) is 3.42. The van der Waals surface area contributed by atoms with E-state index in [0.717, 1.165) is 17.3 Å². The normalized spacial score (nSPS) is 19.0. The molecule has 0 amide bonds. The molecule has 0 aromatic heterocycles. The minimum Gasteiger partial charge on any atom is -0.276 e. The van der Waals surface area contributed by atoms with Crippen LogP contribution < -0.4 is 0 Å². The maximum absolute atomic E-state index is 11.2. The lowest BCUT2D eigenvalue weighted by Gasteiger charge is -2.09. The maximum atomic E-state index is 11.2. The van der Waals surface area contributed by atoms with Crippen molar-refractivity contribution in [2.24, 2.45) is 0 Å². The zero-order valence-electron chi connectivity index (χ0n) is 8.52. The van der Waals surface area contributed by atoms with Crippen molar-refractivity contribution in [1.29, 1.82) is 0 Å². The molecule has 0 saturated carbocycles. The van der Waals surface area contributed by atoms with Crippen molar-refractivity contribution in [3.05, 3.63) is 33.3 Å². The molecule has 1 aromatic carbocycles. The van der Waals surface area contributed by atoms with Crippen LogP contribution in [0.4, 0.5) is 0 Å². The van der Waals surface area contributed by atoms with Crippen LogP contribution in [0.15, 0.2) is 16.6 Å². The molecule has 2 rings (SSSR count). The van der Waals surface area contributed by atoms with Crippen LogP contribution in [-0.4, -0.2) is 5.24 Å². The SMILES string of the molecule is CCC1CCc2cc(C(=O)Cl)c(Br)cc21. The van der Waals surface area contributed by atoms with Gasteiger partial charge in [-0.2, -0.15) is 0 Å². The van der Waals surface area contributed by atoms with Crippen LogP contribution in [-0.2, 0) is 6.42 Å². The van der Waals surface area contributed by atoms with Gasteiger partial charge in [0.15, 0.2) is 0 Å². The van der Waals surface area contributed by atoms with Crippen LogP contribution >= 0.6 is 27.5 Å². The van der Waals surface area contributed by atoms with Crippen molar-refractivity contribution < 1.29 is 4.79 Å². The third kappa shape index (κ3) is 1.98. The highest BCUT2D eigenvalue weighted by molar-refractivity contribution is 9.10. The van der Waals surface area contributed by atoms with Gasteiger partial charge in [-0.3, -0.25) is 4.79 Å². The Morgan fingerprint density at radius 3 is 2.93 bits per heavy atom. The number of halogens is 2. The molecule has 15 heavy (non-hydrogen) atoms. The molecule has 0 fully saturated rings. The van der Waals surface area contributed by atoms with E-state index in [1.807, 2.05) is 6.07 Å². The Morgan fingerprint density at radius 1 is 1.60 bits per heavy atom. The fourth-order valence-corrected chi connectivity index (χ4v) is 3.10. The second kappa shape index (κ2) is 4.26. The Bertz CT molecular complexity index is 414. The number of carbonyl (C=O) groups excluding carboxylic acids is 1. The van der Waals surface area contributed by atoms with Gasteiger partial charge < -0.3 is 0 Å². The molecule has 1 unspecified atom stereocenters.